The van der Waals surface area contributed by atoms with Crippen LogP contribution in [0.3, 0.4) is 0 Å². The van der Waals surface area contributed by atoms with Gasteiger partial charge in [-0.25, -0.2) is 4.79 Å². The Morgan fingerprint density at radius 1 is 1.73 bits per heavy atom. The standard InChI is InChI=1S/C6H4ClNO3/c7-5-1-2-8(11)3-4(5)6(9)10/h1-3H,(H,9,10). The summed E-state index contributed by atoms with van der Waals surface area (Å²) in [5.41, 5.74) is -0.191. The summed E-state index contributed by atoms with van der Waals surface area (Å²) in [5.74, 6) is -1.21. The largest absolute Gasteiger partial charge is 0.619 e. The Morgan fingerprint density at radius 3 is 2.82 bits per heavy atom. The molecule has 1 N–H and O–H groups in total. The molecule has 0 fully saturated rings. The topological polar surface area (TPSA) is 64.2 Å². The maximum Gasteiger partial charge on any atom is 0.343 e. The SMILES string of the molecule is O=C(O)c1c[n+]([O-])ccc1Cl. The molecule has 0 saturated heterocycles. The molecule has 0 amide bonds. The molecule has 1 aromatic heterocycles. The van der Waals surface area contributed by atoms with Crippen molar-refractivity contribution in [2.45, 2.75) is 0 Å². The molecule has 11 heavy (non-hydrogen) atoms. The van der Waals surface area contributed by atoms with Crippen molar-refractivity contribution in [3.8, 4) is 0 Å². The highest BCUT2D eigenvalue weighted by Crippen LogP contribution is 2.11. The smallest absolute Gasteiger partial charge is 0.343 e. The molecule has 0 bridgehead atoms. The van der Waals surface area contributed by atoms with Crippen LogP contribution < -0.4 is 4.73 Å². The predicted octanol–water partition coefficient (Wildman–Crippen LogP) is 0.672. The first-order chi connectivity index (χ1) is 5.11. The molecule has 0 aliphatic heterocycles. The number of nitrogens with zero attached hydrogens (tertiary/aromatic N) is 1. The van der Waals surface area contributed by atoms with Crippen molar-refractivity contribution >= 4 is 17.6 Å². The van der Waals surface area contributed by atoms with Crippen LogP contribution in [0.4, 0.5) is 0 Å². The summed E-state index contributed by atoms with van der Waals surface area (Å²) >= 11 is 5.46. The number of hydrogen-bond donors (Lipinski definition) is 1. The number of rotatable bonds is 1. The summed E-state index contributed by atoms with van der Waals surface area (Å²) in [4.78, 5) is 10.3. The van der Waals surface area contributed by atoms with Gasteiger partial charge < -0.3 is 10.3 Å². The van der Waals surface area contributed by atoms with Crippen molar-refractivity contribution in [3.63, 3.8) is 0 Å². The Labute approximate surface area is 67.2 Å². The molecule has 0 spiro atoms. The first-order valence-corrected chi connectivity index (χ1v) is 3.10. The van der Waals surface area contributed by atoms with Gasteiger partial charge >= 0.3 is 5.97 Å². The van der Waals surface area contributed by atoms with Crippen LogP contribution in [-0.2, 0) is 0 Å². The Bertz CT molecular complexity index is 300. The lowest BCUT2D eigenvalue weighted by molar-refractivity contribution is -0.605. The quantitative estimate of drug-likeness (QED) is 0.502. The van der Waals surface area contributed by atoms with Crippen molar-refractivity contribution < 1.29 is 14.6 Å². The number of hydrogen-bond acceptors (Lipinski definition) is 2. The second kappa shape index (κ2) is 2.75. The molecule has 0 aliphatic rings. The van der Waals surface area contributed by atoms with Crippen LogP contribution in [0.1, 0.15) is 10.4 Å². The van der Waals surface area contributed by atoms with Gasteiger partial charge in [0.15, 0.2) is 12.4 Å². The molecule has 0 aliphatic carbocycles. The Hall–Kier alpha value is -1.29. The zero-order valence-electron chi connectivity index (χ0n) is 5.32. The van der Waals surface area contributed by atoms with Crippen LogP contribution in [0.5, 0.6) is 0 Å². The minimum Gasteiger partial charge on any atom is -0.619 e. The van der Waals surface area contributed by atoms with E-state index in [0.717, 1.165) is 12.4 Å². The van der Waals surface area contributed by atoms with Gasteiger partial charge in [0.2, 0.25) is 0 Å². The van der Waals surface area contributed by atoms with E-state index < -0.39 is 5.97 Å². The molecule has 1 aromatic rings. The van der Waals surface area contributed by atoms with Crippen molar-refractivity contribution in [2.24, 2.45) is 0 Å². The van der Waals surface area contributed by atoms with Gasteiger partial charge in [0, 0.05) is 6.07 Å². The first kappa shape index (κ1) is 7.81. The van der Waals surface area contributed by atoms with E-state index in [9.17, 15) is 10.0 Å². The summed E-state index contributed by atoms with van der Waals surface area (Å²) in [6.45, 7) is 0. The van der Waals surface area contributed by atoms with Crippen LogP contribution in [0.15, 0.2) is 18.5 Å². The monoisotopic (exact) mass is 173 g/mol. The summed E-state index contributed by atoms with van der Waals surface area (Å²) < 4.78 is 0.384. The molecule has 58 valence electrons. The van der Waals surface area contributed by atoms with E-state index in [1.165, 1.54) is 6.07 Å². The van der Waals surface area contributed by atoms with Gasteiger partial charge in [0.05, 0.1) is 5.02 Å². The number of carboxylic acids is 1. The average Bonchev–Trinajstić information content (AvgIpc) is 1.94. The van der Waals surface area contributed by atoms with Gasteiger partial charge in [0.25, 0.3) is 0 Å². The van der Waals surface area contributed by atoms with Crippen molar-refractivity contribution in [1.82, 2.24) is 0 Å². The molecule has 0 aromatic carbocycles. The first-order valence-electron chi connectivity index (χ1n) is 2.73. The molecule has 1 rings (SSSR count). The van der Waals surface area contributed by atoms with Crippen LogP contribution in [0.2, 0.25) is 5.02 Å². The third-order valence-corrected chi connectivity index (χ3v) is 1.44. The lowest BCUT2D eigenvalue weighted by Gasteiger charge is -1.97. The van der Waals surface area contributed by atoms with Crippen molar-refractivity contribution in [1.29, 1.82) is 0 Å². The van der Waals surface area contributed by atoms with E-state index in [-0.39, 0.29) is 10.6 Å². The second-order valence-electron chi connectivity index (χ2n) is 1.87. The van der Waals surface area contributed by atoms with E-state index in [2.05, 4.69) is 0 Å². The van der Waals surface area contributed by atoms with Gasteiger partial charge in [-0.3, -0.25) is 0 Å². The molecular weight excluding hydrogens is 170 g/mol. The van der Waals surface area contributed by atoms with Gasteiger partial charge in [-0.15, -0.1) is 0 Å². The molecule has 0 atom stereocenters. The Balaban J connectivity index is 3.23. The number of aromatic carboxylic acids is 1. The molecule has 0 radical (unpaired) electrons. The number of carbonyl (C=O) groups is 1. The minimum absolute atomic E-state index is 0.0598. The number of aromatic nitrogens is 1. The third kappa shape index (κ3) is 1.59. The maximum atomic E-state index is 10.5. The lowest BCUT2D eigenvalue weighted by Crippen LogP contribution is -2.26. The van der Waals surface area contributed by atoms with Crippen molar-refractivity contribution in [3.05, 3.63) is 34.3 Å². The second-order valence-corrected chi connectivity index (χ2v) is 2.28. The molecule has 1 heterocycles. The molecule has 0 unspecified atom stereocenters. The van der Waals surface area contributed by atoms with E-state index in [1.54, 1.807) is 0 Å². The highest BCUT2D eigenvalue weighted by molar-refractivity contribution is 6.33. The third-order valence-electron chi connectivity index (χ3n) is 1.11. The fourth-order valence-corrected chi connectivity index (χ4v) is 0.804. The van der Waals surface area contributed by atoms with Gasteiger partial charge in [-0.1, -0.05) is 11.6 Å². The molecule has 0 saturated carbocycles. The van der Waals surface area contributed by atoms with Crippen LogP contribution in [0.25, 0.3) is 0 Å². The molecule has 5 heteroatoms. The summed E-state index contributed by atoms with van der Waals surface area (Å²) in [5, 5.41) is 19.1. The normalized spacial score (nSPS) is 9.55. The Morgan fingerprint density at radius 2 is 2.36 bits per heavy atom. The van der Waals surface area contributed by atoms with E-state index in [0.29, 0.717) is 4.73 Å². The highest BCUT2D eigenvalue weighted by Gasteiger charge is 2.11. The average molecular weight is 174 g/mol. The van der Waals surface area contributed by atoms with Gasteiger partial charge in [-0.2, -0.15) is 4.73 Å². The van der Waals surface area contributed by atoms with Crippen LogP contribution >= 0.6 is 11.6 Å². The van der Waals surface area contributed by atoms with Crippen molar-refractivity contribution in [2.75, 3.05) is 0 Å². The molecule has 4 nitrogen and oxygen atoms in total. The fraction of sp³-hybridized carbons (Fsp3) is 0. The number of halogens is 1. The fourth-order valence-electron chi connectivity index (χ4n) is 0.618. The summed E-state index contributed by atoms with van der Waals surface area (Å²) in [6, 6.07) is 1.23. The summed E-state index contributed by atoms with van der Waals surface area (Å²) in [6.07, 6.45) is 2.04. The zero-order chi connectivity index (χ0) is 8.43. The minimum atomic E-state index is -1.21. The highest BCUT2D eigenvalue weighted by atomic mass is 35.5. The number of pyridine rings is 1. The van der Waals surface area contributed by atoms with E-state index in [1.807, 2.05) is 0 Å². The summed E-state index contributed by atoms with van der Waals surface area (Å²) in [7, 11) is 0. The van der Waals surface area contributed by atoms with Gasteiger partial charge in [0.1, 0.15) is 5.56 Å². The lowest BCUT2D eigenvalue weighted by atomic mass is 10.3. The molecular formula is C6H4ClNO3. The number of carboxylic acid groups (broad SMARTS) is 1. The maximum absolute atomic E-state index is 10.5. The Kier molecular flexibility index (Phi) is 1.96. The van der Waals surface area contributed by atoms with Gasteiger partial charge in [-0.05, 0) is 0 Å². The van der Waals surface area contributed by atoms with E-state index in [4.69, 9.17) is 16.7 Å². The van der Waals surface area contributed by atoms with Crippen LogP contribution in [0, 0.1) is 5.21 Å². The van der Waals surface area contributed by atoms with Crippen LogP contribution in [-0.4, -0.2) is 11.1 Å². The predicted molar refractivity (Wildman–Crippen MR) is 37.4 cm³/mol. The zero-order valence-corrected chi connectivity index (χ0v) is 6.08. The van der Waals surface area contributed by atoms with E-state index >= 15 is 0 Å².